The number of hydrogen-bond donors (Lipinski definition) is 1. The quantitative estimate of drug-likeness (QED) is 0.718. The highest BCUT2D eigenvalue weighted by molar-refractivity contribution is 5.94. The van der Waals surface area contributed by atoms with Crippen molar-refractivity contribution in [3.8, 4) is 0 Å². The lowest BCUT2D eigenvalue weighted by Gasteiger charge is -2.21. The largest absolute Gasteiger partial charge is 0.371 e. The van der Waals surface area contributed by atoms with Gasteiger partial charge in [-0.15, -0.1) is 0 Å². The summed E-state index contributed by atoms with van der Waals surface area (Å²) in [5, 5.41) is 7.35. The van der Waals surface area contributed by atoms with E-state index in [4.69, 9.17) is 0 Å². The molecule has 1 aliphatic rings. The van der Waals surface area contributed by atoms with E-state index in [-0.39, 0.29) is 5.91 Å². The predicted octanol–water partition coefficient (Wildman–Crippen LogP) is 3.50. The minimum Gasteiger partial charge on any atom is -0.371 e. The van der Waals surface area contributed by atoms with Crippen molar-refractivity contribution in [1.82, 2.24) is 15.1 Å². The van der Waals surface area contributed by atoms with E-state index in [0.29, 0.717) is 24.6 Å². The zero-order valence-corrected chi connectivity index (χ0v) is 16.2. The fourth-order valence-corrected chi connectivity index (χ4v) is 3.87. The number of para-hydroxylation sites is 1. The molecule has 1 N–H and O–H groups in total. The van der Waals surface area contributed by atoms with Crippen molar-refractivity contribution < 1.29 is 4.79 Å². The van der Waals surface area contributed by atoms with Crippen molar-refractivity contribution in [1.29, 1.82) is 0 Å². The number of nitrogens with one attached hydrogen (secondary N) is 1. The van der Waals surface area contributed by atoms with Crippen LogP contribution in [0.25, 0.3) is 0 Å². The second-order valence-electron chi connectivity index (χ2n) is 7.50. The SMILES string of the molecule is Cc1ccccc1N1CCC(CNC(=O)c2cccc(Cn3cccn3)c2)C1. The van der Waals surface area contributed by atoms with Crippen LogP contribution in [-0.2, 0) is 6.54 Å². The van der Waals surface area contributed by atoms with Gasteiger partial charge in [-0.1, -0.05) is 30.3 Å². The Morgan fingerprint density at radius 3 is 2.89 bits per heavy atom. The first kappa shape index (κ1) is 18.3. The Kier molecular flexibility index (Phi) is 5.42. The maximum atomic E-state index is 12.6. The minimum atomic E-state index is -0.00310. The molecule has 4 rings (SSSR count). The van der Waals surface area contributed by atoms with Crippen LogP contribution in [0.3, 0.4) is 0 Å². The first-order valence-corrected chi connectivity index (χ1v) is 9.84. The lowest BCUT2D eigenvalue weighted by atomic mass is 10.1. The number of benzene rings is 2. The summed E-state index contributed by atoms with van der Waals surface area (Å²) in [4.78, 5) is 15.0. The van der Waals surface area contributed by atoms with Crippen LogP contribution in [0.1, 0.15) is 27.9 Å². The van der Waals surface area contributed by atoms with Gasteiger partial charge in [-0.2, -0.15) is 5.10 Å². The molecule has 0 spiro atoms. The Balaban J connectivity index is 1.32. The van der Waals surface area contributed by atoms with Gasteiger partial charge in [0.2, 0.25) is 0 Å². The first-order chi connectivity index (χ1) is 13.7. The predicted molar refractivity (Wildman–Crippen MR) is 112 cm³/mol. The maximum Gasteiger partial charge on any atom is 0.251 e. The van der Waals surface area contributed by atoms with E-state index in [1.165, 1.54) is 11.3 Å². The van der Waals surface area contributed by atoms with Gasteiger partial charge in [-0.3, -0.25) is 9.48 Å². The van der Waals surface area contributed by atoms with Crippen molar-refractivity contribution in [2.45, 2.75) is 19.9 Å². The summed E-state index contributed by atoms with van der Waals surface area (Å²) in [6.45, 7) is 5.57. The molecule has 28 heavy (non-hydrogen) atoms. The minimum absolute atomic E-state index is 0.00310. The Morgan fingerprint density at radius 1 is 1.18 bits per heavy atom. The third-order valence-electron chi connectivity index (χ3n) is 5.39. The molecule has 1 aliphatic heterocycles. The molecule has 0 saturated carbocycles. The second-order valence-corrected chi connectivity index (χ2v) is 7.50. The third kappa shape index (κ3) is 4.25. The Morgan fingerprint density at radius 2 is 2.07 bits per heavy atom. The molecular formula is C23H26N4O. The Hall–Kier alpha value is -3.08. The van der Waals surface area contributed by atoms with E-state index < -0.39 is 0 Å². The molecule has 1 aromatic heterocycles. The number of amides is 1. The summed E-state index contributed by atoms with van der Waals surface area (Å²) >= 11 is 0. The smallest absolute Gasteiger partial charge is 0.251 e. The first-order valence-electron chi connectivity index (χ1n) is 9.84. The van der Waals surface area contributed by atoms with Gasteiger partial charge in [-0.25, -0.2) is 0 Å². The normalized spacial score (nSPS) is 16.3. The molecule has 144 valence electrons. The van der Waals surface area contributed by atoms with Crippen molar-refractivity contribution in [2.24, 2.45) is 5.92 Å². The average molecular weight is 374 g/mol. The van der Waals surface area contributed by atoms with E-state index in [9.17, 15) is 4.79 Å². The number of aryl methyl sites for hydroxylation is 1. The van der Waals surface area contributed by atoms with E-state index in [1.54, 1.807) is 6.20 Å². The molecule has 2 aromatic carbocycles. The Bertz CT molecular complexity index is 935. The summed E-state index contributed by atoms with van der Waals surface area (Å²) in [5.74, 6) is 0.479. The molecule has 3 aromatic rings. The molecule has 0 bridgehead atoms. The molecule has 0 radical (unpaired) electrons. The lowest BCUT2D eigenvalue weighted by Crippen LogP contribution is -2.31. The molecule has 5 heteroatoms. The van der Waals surface area contributed by atoms with Gasteiger partial charge in [0, 0.05) is 43.3 Å². The van der Waals surface area contributed by atoms with Crippen molar-refractivity contribution in [3.63, 3.8) is 0 Å². The molecule has 1 atom stereocenters. The molecular weight excluding hydrogens is 348 g/mol. The zero-order valence-electron chi connectivity index (χ0n) is 16.2. The third-order valence-corrected chi connectivity index (χ3v) is 5.39. The fourth-order valence-electron chi connectivity index (χ4n) is 3.87. The molecule has 1 fully saturated rings. The van der Waals surface area contributed by atoms with Gasteiger partial charge in [0.25, 0.3) is 5.91 Å². The maximum absolute atomic E-state index is 12.6. The van der Waals surface area contributed by atoms with Crippen LogP contribution in [0.5, 0.6) is 0 Å². The number of nitrogens with zero attached hydrogens (tertiary/aromatic N) is 3. The number of anilines is 1. The second kappa shape index (κ2) is 8.30. The number of carbonyl (C=O) groups excluding carboxylic acids is 1. The van der Waals surface area contributed by atoms with E-state index in [1.807, 2.05) is 41.2 Å². The molecule has 1 saturated heterocycles. The topological polar surface area (TPSA) is 50.2 Å². The average Bonchev–Trinajstić information content (AvgIpc) is 3.39. The van der Waals surface area contributed by atoms with E-state index in [0.717, 1.165) is 25.1 Å². The van der Waals surface area contributed by atoms with Crippen LogP contribution in [-0.4, -0.2) is 35.3 Å². The van der Waals surface area contributed by atoms with Crippen LogP contribution in [0.4, 0.5) is 5.69 Å². The summed E-state index contributed by atoms with van der Waals surface area (Å²) in [5.41, 5.74) is 4.39. The van der Waals surface area contributed by atoms with Gasteiger partial charge < -0.3 is 10.2 Å². The molecule has 1 amide bonds. The Labute approximate surface area is 166 Å². The summed E-state index contributed by atoms with van der Waals surface area (Å²) < 4.78 is 1.86. The summed E-state index contributed by atoms with van der Waals surface area (Å²) in [6.07, 6.45) is 4.79. The van der Waals surface area contributed by atoms with Crippen LogP contribution < -0.4 is 10.2 Å². The van der Waals surface area contributed by atoms with Gasteiger partial charge in [0.05, 0.1) is 6.54 Å². The van der Waals surface area contributed by atoms with E-state index >= 15 is 0 Å². The van der Waals surface area contributed by atoms with Gasteiger partial charge >= 0.3 is 0 Å². The van der Waals surface area contributed by atoms with Crippen LogP contribution in [0, 0.1) is 12.8 Å². The highest BCUT2D eigenvalue weighted by Crippen LogP contribution is 2.26. The van der Waals surface area contributed by atoms with Crippen LogP contribution in [0.2, 0.25) is 0 Å². The monoisotopic (exact) mass is 374 g/mol. The van der Waals surface area contributed by atoms with E-state index in [2.05, 4.69) is 46.5 Å². The van der Waals surface area contributed by atoms with Gasteiger partial charge in [-0.05, 0) is 54.7 Å². The molecule has 1 unspecified atom stereocenters. The van der Waals surface area contributed by atoms with Crippen LogP contribution in [0.15, 0.2) is 67.0 Å². The lowest BCUT2D eigenvalue weighted by molar-refractivity contribution is 0.0948. The highest BCUT2D eigenvalue weighted by atomic mass is 16.1. The van der Waals surface area contributed by atoms with Crippen molar-refractivity contribution in [2.75, 3.05) is 24.5 Å². The number of carbonyl (C=O) groups is 1. The highest BCUT2D eigenvalue weighted by Gasteiger charge is 2.24. The summed E-state index contributed by atoms with van der Waals surface area (Å²) in [6, 6.07) is 18.2. The number of aromatic nitrogens is 2. The molecule has 5 nitrogen and oxygen atoms in total. The van der Waals surface area contributed by atoms with Crippen LogP contribution >= 0.6 is 0 Å². The summed E-state index contributed by atoms with van der Waals surface area (Å²) in [7, 11) is 0. The fraction of sp³-hybridized carbons (Fsp3) is 0.304. The van der Waals surface area contributed by atoms with Crippen molar-refractivity contribution in [3.05, 3.63) is 83.7 Å². The zero-order chi connectivity index (χ0) is 19.3. The number of rotatable bonds is 6. The standard InChI is InChI=1S/C23H26N4O/c1-18-6-2-3-9-22(18)26-13-10-20(16-26)15-24-23(28)21-8-4-7-19(14-21)17-27-12-5-11-25-27/h2-9,11-12,14,20H,10,13,15-17H2,1H3,(H,24,28). The van der Waals surface area contributed by atoms with Gasteiger partial charge in [0.1, 0.15) is 0 Å². The van der Waals surface area contributed by atoms with Crippen molar-refractivity contribution >= 4 is 11.6 Å². The molecule has 0 aliphatic carbocycles. The van der Waals surface area contributed by atoms with Gasteiger partial charge in [0.15, 0.2) is 0 Å². The number of hydrogen-bond acceptors (Lipinski definition) is 3. The molecule has 2 heterocycles.